The fraction of sp³-hybridized carbons (Fsp3) is 0.625. The van der Waals surface area contributed by atoms with E-state index >= 15 is 0 Å². The van der Waals surface area contributed by atoms with E-state index in [-0.39, 0.29) is 11.9 Å². The summed E-state index contributed by atoms with van der Waals surface area (Å²) in [6.45, 7) is 4.99. The van der Waals surface area contributed by atoms with Crippen LogP contribution in [0.2, 0.25) is 0 Å². The number of hydrogen-bond acceptors (Lipinski definition) is 3. The molecule has 1 N–H and O–H groups in total. The van der Waals surface area contributed by atoms with Crippen LogP contribution in [0, 0.1) is 5.82 Å². The smallest absolute Gasteiger partial charge is 0.123 e. The van der Waals surface area contributed by atoms with Crippen LogP contribution in [-0.2, 0) is 4.74 Å². The molecule has 20 heavy (non-hydrogen) atoms. The van der Waals surface area contributed by atoms with Crippen molar-refractivity contribution in [2.24, 2.45) is 0 Å². The van der Waals surface area contributed by atoms with Crippen LogP contribution in [0.15, 0.2) is 18.2 Å². The first-order valence-corrected chi connectivity index (χ1v) is 7.35. The molecule has 2 rings (SSSR count). The molecule has 0 spiro atoms. The Balaban J connectivity index is 2.04. The normalized spacial score (nSPS) is 24.4. The third kappa shape index (κ3) is 3.70. The first-order valence-electron chi connectivity index (χ1n) is 7.35. The molecule has 112 valence electrons. The van der Waals surface area contributed by atoms with E-state index in [1.165, 1.54) is 6.07 Å². The molecule has 0 radical (unpaired) electrons. The zero-order chi connectivity index (χ0) is 14.5. The Morgan fingerprint density at radius 3 is 3.00 bits per heavy atom. The summed E-state index contributed by atoms with van der Waals surface area (Å²) in [4.78, 5) is 0. The number of nitrogens with one attached hydrogen (secondary N) is 1. The molecule has 4 heteroatoms. The van der Waals surface area contributed by atoms with Crippen LogP contribution in [0.4, 0.5) is 4.39 Å². The van der Waals surface area contributed by atoms with Crippen molar-refractivity contribution in [2.75, 3.05) is 13.7 Å². The number of rotatable bonds is 5. The molecule has 1 aromatic rings. The van der Waals surface area contributed by atoms with Gasteiger partial charge in [-0.1, -0.05) is 6.92 Å². The Morgan fingerprint density at radius 1 is 1.50 bits per heavy atom. The summed E-state index contributed by atoms with van der Waals surface area (Å²) >= 11 is 0. The van der Waals surface area contributed by atoms with Gasteiger partial charge in [0.1, 0.15) is 11.6 Å². The maximum absolute atomic E-state index is 13.4. The molecule has 1 heterocycles. The van der Waals surface area contributed by atoms with E-state index in [1.54, 1.807) is 19.2 Å². The average molecular weight is 281 g/mol. The van der Waals surface area contributed by atoms with Gasteiger partial charge in [0, 0.05) is 24.3 Å². The first kappa shape index (κ1) is 15.3. The van der Waals surface area contributed by atoms with Gasteiger partial charge in [0.05, 0.1) is 13.2 Å². The molecular weight excluding hydrogens is 257 g/mol. The van der Waals surface area contributed by atoms with Crippen molar-refractivity contribution in [3.8, 4) is 5.75 Å². The standard InChI is InChI=1S/C16H24FNO2/c1-4-14-10-13(7-8-20-14)18-11(2)15-9-12(17)5-6-16(15)19-3/h5-6,9,11,13-14,18H,4,7-8,10H2,1-3H3. The summed E-state index contributed by atoms with van der Waals surface area (Å²) in [6, 6.07) is 5.13. The zero-order valence-electron chi connectivity index (χ0n) is 12.5. The summed E-state index contributed by atoms with van der Waals surface area (Å²) in [5.41, 5.74) is 0.868. The summed E-state index contributed by atoms with van der Waals surface area (Å²) in [6.07, 6.45) is 3.38. The van der Waals surface area contributed by atoms with Crippen LogP contribution in [0.25, 0.3) is 0 Å². The molecule has 1 aliphatic heterocycles. The van der Waals surface area contributed by atoms with Gasteiger partial charge in [-0.15, -0.1) is 0 Å². The fourth-order valence-corrected chi connectivity index (χ4v) is 2.80. The van der Waals surface area contributed by atoms with Gasteiger partial charge in [0.25, 0.3) is 0 Å². The Hall–Kier alpha value is -1.13. The second-order valence-electron chi connectivity index (χ2n) is 5.40. The Bertz CT molecular complexity index is 438. The highest BCUT2D eigenvalue weighted by atomic mass is 19.1. The summed E-state index contributed by atoms with van der Waals surface area (Å²) in [7, 11) is 1.62. The van der Waals surface area contributed by atoms with E-state index in [0.29, 0.717) is 12.1 Å². The van der Waals surface area contributed by atoms with Crippen LogP contribution in [0.1, 0.15) is 44.7 Å². The quantitative estimate of drug-likeness (QED) is 0.896. The number of ether oxygens (including phenoxy) is 2. The maximum atomic E-state index is 13.4. The van der Waals surface area contributed by atoms with Gasteiger partial charge in [-0.05, 0) is 44.4 Å². The molecule has 0 saturated carbocycles. The summed E-state index contributed by atoms with van der Waals surface area (Å²) in [5, 5.41) is 3.57. The highest BCUT2D eigenvalue weighted by molar-refractivity contribution is 5.36. The average Bonchev–Trinajstić information content (AvgIpc) is 2.47. The van der Waals surface area contributed by atoms with Crippen molar-refractivity contribution >= 4 is 0 Å². The third-order valence-electron chi connectivity index (χ3n) is 3.97. The van der Waals surface area contributed by atoms with Crippen molar-refractivity contribution < 1.29 is 13.9 Å². The van der Waals surface area contributed by atoms with Crippen molar-refractivity contribution in [3.63, 3.8) is 0 Å². The Labute approximate surface area is 120 Å². The molecule has 0 aromatic heterocycles. The lowest BCUT2D eigenvalue weighted by molar-refractivity contribution is -0.00169. The molecule has 1 fully saturated rings. The first-order chi connectivity index (χ1) is 9.63. The van der Waals surface area contributed by atoms with Crippen molar-refractivity contribution in [2.45, 2.75) is 51.3 Å². The SMILES string of the molecule is CCC1CC(NC(C)c2cc(F)ccc2OC)CCO1. The second kappa shape index (κ2) is 7.04. The van der Waals surface area contributed by atoms with E-state index in [2.05, 4.69) is 12.2 Å². The summed E-state index contributed by atoms with van der Waals surface area (Å²) < 4.78 is 24.4. The highest BCUT2D eigenvalue weighted by Crippen LogP contribution is 2.27. The monoisotopic (exact) mass is 281 g/mol. The van der Waals surface area contributed by atoms with E-state index in [4.69, 9.17) is 9.47 Å². The molecule has 0 amide bonds. The van der Waals surface area contributed by atoms with Gasteiger partial charge in [0.15, 0.2) is 0 Å². The molecule has 3 atom stereocenters. The highest BCUT2D eigenvalue weighted by Gasteiger charge is 2.23. The van der Waals surface area contributed by atoms with Gasteiger partial charge in [-0.25, -0.2) is 4.39 Å². The van der Waals surface area contributed by atoms with Crippen molar-refractivity contribution in [3.05, 3.63) is 29.6 Å². The van der Waals surface area contributed by atoms with Crippen LogP contribution >= 0.6 is 0 Å². The zero-order valence-corrected chi connectivity index (χ0v) is 12.5. The molecule has 3 nitrogen and oxygen atoms in total. The molecule has 1 saturated heterocycles. The number of halogens is 1. The van der Waals surface area contributed by atoms with Crippen LogP contribution in [-0.4, -0.2) is 25.9 Å². The van der Waals surface area contributed by atoms with E-state index in [0.717, 1.165) is 37.2 Å². The lowest BCUT2D eigenvalue weighted by atomic mass is 9.99. The predicted molar refractivity (Wildman–Crippen MR) is 77.6 cm³/mol. The van der Waals surface area contributed by atoms with Crippen molar-refractivity contribution in [1.29, 1.82) is 0 Å². The van der Waals surface area contributed by atoms with Crippen LogP contribution < -0.4 is 10.1 Å². The largest absolute Gasteiger partial charge is 0.496 e. The molecule has 1 aliphatic rings. The van der Waals surface area contributed by atoms with Gasteiger partial charge in [-0.3, -0.25) is 0 Å². The van der Waals surface area contributed by atoms with Crippen LogP contribution in [0.3, 0.4) is 0 Å². The fourth-order valence-electron chi connectivity index (χ4n) is 2.80. The molecule has 0 bridgehead atoms. The lowest BCUT2D eigenvalue weighted by Crippen LogP contribution is -2.40. The van der Waals surface area contributed by atoms with Crippen molar-refractivity contribution in [1.82, 2.24) is 5.32 Å². The molecule has 3 unspecified atom stereocenters. The number of methoxy groups -OCH3 is 1. The second-order valence-corrected chi connectivity index (χ2v) is 5.40. The van der Waals surface area contributed by atoms with Gasteiger partial charge in [-0.2, -0.15) is 0 Å². The predicted octanol–water partition coefficient (Wildman–Crippen LogP) is 3.44. The molecule has 0 aliphatic carbocycles. The van der Waals surface area contributed by atoms with E-state index in [1.807, 2.05) is 6.92 Å². The Morgan fingerprint density at radius 2 is 2.30 bits per heavy atom. The van der Waals surface area contributed by atoms with Gasteiger partial charge in [0.2, 0.25) is 0 Å². The topological polar surface area (TPSA) is 30.5 Å². The maximum Gasteiger partial charge on any atom is 0.123 e. The minimum Gasteiger partial charge on any atom is -0.496 e. The van der Waals surface area contributed by atoms with Gasteiger partial charge < -0.3 is 14.8 Å². The van der Waals surface area contributed by atoms with Crippen LogP contribution in [0.5, 0.6) is 5.75 Å². The molecular formula is C16H24FNO2. The minimum atomic E-state index is -0.229. The molecule has 1 aromatic carbocycles. The van der Waals surface area contributed by atoms with E-state index < -0.39 is 0 Å². The Kier molecular flexibility index (Phi) is 5.38. The summed E-state index contributed by atoms with van der Waals surface area (Å²) in [5.74, 6) is 0.498. The number of benzene rings is 1. The van der Waals surface area contributed by atoms with E-state index in [9.17, 15) is 4.39 Å². The third-order valence-corrected chi connectivity index (χ3v) is 3.97. The number of hydrogen-bond donors (Lipinski definition) is 1. The van der Waals surface area contributed by atoms with Gasteiger partial charge >= 0.3 is 0 Å². The minimum absolute atomic E-state index is 0.0567. The lowest BCUT2D eigenvalue weighted by Gasteiger charge is -2.32.